The van der Waals surface area contributed by atoms with Gasteiger partial charge in [-0.3, -0.25) is 4.98 Å². The molecule has 5 heterocycles. The van der Waals surface area contributed by atoms with Crippen LogP contribution < -0.4 is 4.74 Å². The Hall–Kier alpha value is -3.98. The maximum atomic E-state index is 14.5. The number of aromatic nitrogens is 5. The molecule has 168 valence electrons. The van der Waals surface area contributed by atoms with Gasteiger partial charge in [0, 0.05) is 29.9 Å². The molecule has 9 heteroatoms. The third kappa shape index (κ3) is 3.54. The topological polar surface area (TPSA) is 65.7 Å². The fourth-order valence-electron chi connectivity index (χ4n) is 3.94. The van der Waals surface area contributed by atoms with E-state index < -0.39 is 11.6 Å². The Morgan fingerprint density at radius 3 is 2.76 bits per heavy atom. The van der Waals surface area contributed by atoms with Gasteiger partial charge < -0.3 is 4.74 Å². The lowest BCUT2D eigenvalue weighted by molar-refractivity contribution is 0.325. The van der Waals surface area contributed by atoms with Crippen molar-refractivity contribution in [1.29, 1.82) is 0 Å². The minimum Gasteiger partial charge on any atom is -0.491 e. The molecule has 0 atom stereocenters. The number of thiophene rings is 1. The summed E-state index contributed by atoms with van der Waals surface area (Å²) in [5, 5.41) is 4.19. The van der Waals surface area contributed by atoms with Gasteiger partial charge >= 0.3 is 0 Å². The first kappa shape index (κ1) is 20.6. The van der Waals surface area contributed by atoms with Gasteiger partial charge in [-0.05, 0) is 55.0 Å². The van der Waals surface area contributed by atoms with Gasteiger partial charge in [0.25, 0.3) is 0 Å². The fraction of sp³-hybridized carbons (Fsp3) is 0.120. The second kappa shape index (κ2) is 8.11. The standard InChI is InChI=1S/C25H17F2N5OS/c1-14-2-3-16(12-28-14)19-5-7-21-23(31-19)24-15(8-9-33-21)10-22(34-24)25-29-13-30-32(25)20-6-4-17(26)11-18(20)27/h2-7,10-13H,8-9H2,1H3. The van der Waals surface area contributed by atoms with Crippen LogP contribution in [0.1, 0.15) is 11.3 Å². The molecule has 1 aromatic carbocycles. The second-order valence-electron chi connectivity index (χ2n) is 7.89. The van der Waals surface area contributed by atoms with Crippen molar-refractivity contribution in [2.75, 3.05) is 6.61 Å². The van der Waals surface area contributed by atoms with Gasteiger partial charge in [0.1, 0.15) is 29.3 Å². The van der Waals surface area contributed by atoms with Crippen molar-refractivity contribution in [3.63, 3.8) is 0 Å². The molecule has 0 bridgehead atoms. The first-order valence-corrected chi connectivity index (χ1v) is 11.4. The van der Waals surface area contributed by atoms with Crippen LogP contribution in [0, 0.1) is 18.6 Å². The Bertz CT molecular complexity index is 1530. The molecule has 5 aromatic rings. The van der Waals surface area contributed by atoms with E-state index in [1.807, 2.05) is 43.5 Å². The minimum absolute atomic E-state index is 0.133. The monoisotopic (exact) mass is 473 g/mol. The van der Waals surface area contributed by atoms with Gasteiger partial charge in [0.2, 0.25) is 0 Å². The molecule has 4 aromatic heterocycles. The predicted molar refractivity (Wildman–Crippen MR) is 125 cm³/mol. The Kier molecular flexibility index (Phi) is 4.91. The number of rotatable bonds is 3. The molecule has 0 aliphatic carbocycles. The summed E-state index contributed by atoms with van der Waals surface area (Å²) < 4.78 is 35.2. The summed E-state index contributed by atoms with van der Waals surface area (Å²) in [6.07, 6.45) is 3.87. The van der Waals surface area contributed by atoms with Crippen LogP contribution in [-0.4, -0.2) is 31.3 Å². The molecule has 6 nitrogen and oxygen atoms in total. The van der Waals surface area contributed by atoms with Crippen molar-refractivity contribution in [2.45, 2.75) is 13.3 Å². The van der Waals surface area contributed by atoms with Crippen LogP contribution in [0.15, 0.2) is 61.1 Å². The summed E-state index contributed by atoms with van der Waals surface area (Å²) in [6.45, 7) is 2.46. The maximum absolute atomic E-state index is 14.5. The molecular formula is C25H17F2N5OS. The summed E-state index contributed by atoms with van der Waals surface area (Å²) in [4.78, 5) is 15.4. The molecule has 0 unspecified atom stereocenters. The smallest absolute Gasteiger partial charge is 0.173 e. The number of fused-ring (bicyclic) bond motifs is 3. The SMILES string of the molecule is Cc1ccc(-c2ccc3c(n2)-c2sc(-c4ncnn4-c4ccc(F)cc4F)cc2CCO3)cn1. The highest BCUT2D eigenvalue weighted by molar-refractivity contribution is 7.19. The van der Waals surface area contributed by atoms with E-state index in [-0.39, 0.29) is 5.69 Å². The summed E-state index contributed by atoms with van der Waals surface area (Å²) in [6, 6.07) is 13.2. The number of halogens is 2. The average molecular weight is 474 g/mol. The Balaban J connectivity index is 1.46. The minimum atomic E-state index is -0.707. The number of benzene rings is 1. The summed E-state index contributed by atoms with van der Waals surface area (Å²) in [5.74, 6) is -0.165. The van der Waals surface area contributed by atoms with Crippen molar-refractivity contribution in [3.8, 4) is 44.0 Å². The molecule has 34 heavy (non-hydrogen) atoms. The lowest BCUT2D eigenvalue weighted by Crippen LogP contribution is -2.02. The van der Waals surface area contributed by atoms with Crippen LogP contribution in [0.25, 0.3) is 38.2 Å². The van der Waals surface area contributed by atoms with Gasteiger partial charge in [0.05, 0.1) is 22.1 Å². The molecular weight excluding hydrogens is 456 g/mol. The lowest BCUT2D eigenvalue weighted by Gasteiger charge is -2.09. The van der Waals surface area contributed by atoms with Crippen molar-refractivity contribution < 1.29 is 13.5 Å². The van der Waals surface area contributed by atoms with Gasteiger partial charge in [0.15, 0.2) is 11.6 Å². The van der Waals surface area contributed by atoms with E-state index in [1.165, 1.54) is 34.5 Å². The number of aryl methyl sites for hydroxylation is 1. The van der Waals surface area contributed by atoms with Gasteiger partial charge in [-0.25, -0.2) is 23.4 Å². The highest BCUT2D eigenvalue weighted by atomic mass is 32.1. The summed E-state index contributed by atoms with van der Waals surface area (Å²) >= 11 is 1.50. The normalized spacial score (nSPS) is 12.6. The summed E-state index contributed by atoms with van der Waals surface area (Å²) in [5.41, 5.74) is 4.61. The molecule has 1 aliphatic rings. The molecule has 0 radical (unpaired) electrons. The highest BCUT2D eigenvalue weighted by Gasteiger charge is 2.24. The Morgan fingerprint density at radius 2 is 1.94 bits per heavy atom. The average Bonchev–Trinajstić information content (AvgIpc) is 3.44. The van der Waals surface area contributed by atoms with E-state index in [0.717, 1.165) is 44.0 Å². The van der Waals surface area contributed by atoms with Crippen LogP contribution in [0.5, 0.6) is 5.75 Å². The number of hydrogen-bond donors (Lipinski definition) is 0. The highest BCUT2D eigenvalue weighted by Crippen LogP contribution is 2.43. The fourth-order valence-corrected chi connectivity index (χ4v) is 5.13. The van der Waals surface area contributed by atoms with E-state index in [2.05, 4.69) is 15.1 Å². The quantitative estimate of drug-likeness (QED) is 0.339. The Labute approximate surface area is 197 Å². The van der Waals surface area contributed by atoms with Gasteiger partial charge in [-0.1, -0.05) is 0 Å². The van der Waals surface area contributed by atoms with Crippen molar-refractivity contribution in [1.82, 2.24) is 24.7 Å². The van der Waals surface area contributed by atoms with Crippen molar-refractivity contribution in [3.05, 3.63) is 83.9 Å². The lowest BCUT2D eigenvalue weighted by atomic mass is 10.1. The first-order valence-electron chi connectivity index (χ1n) is 10.6. The third-order valence-corrected chi connectivity index (χ3v) is 6.80. The van der Waals surface area contributed by atoms with Crippen LogP contribution in [-0.2, 0) is 6.42 Å². The predicted octanol–water partition coefficient (Wildman–Crippen LogP) is 5.64. The Morgan fingerprint density at radius 1 is 1.03 bits per heavy atom. The molecule has 0 N–H and O–H groups in total. The van der Waals surface area contributed by atoms with E-state index in [4.69, 9.17) is 9.72 Å². The second-order valence-corrected chi connectivity index (χ2v) is 8.94. The number of ether oxygens (including phenoxy) is 1. The largest absolute Gasteiger partial charge is 0.491 e. The zero-order chi connectivity index (χ0) is 23.2. The number of pyridine rings is 2. The third-order valence-electron chi connectivity index (χ3n) is 5.62. The summed E-state index contributed by atoms with van der Waals surface area (Å²) in [7, 11) is 0. The molecule has 0 amide bonds. The molecule has 1 aliphatic heterocycles. The molecule has 0 spiro atoms. The van der Waals surface area contributed by atoms with E-state index in [1.54, 1.807) is 0 Å². The van der Waals surface area contributed by atoms with Gasteiger partial charge in [-0.15, -0.1) is 11.3 Å². The molecule has 0 saturated carbocycles. The van der Waals surface area contributed by atoms with Crippen LogP contribution in [0.4, 0.5) is 8.78 Å². The van der Waals surface area contributed by atoms with E-state index >= 15 is 0 Å². The molecule has 0 fully saturated rings. The zero-order valence-electron chi connectivity index (χ0n) is 18.0. The van der Waals surface area contributed by atoms with E-state index in [0.29, 0.717) is 24.6 Å². The van der Waals surface area contributed by atoms with E-state index in [9.17, 15) is 8.78 Å². The number of nitrogens with zero attached hydrogens (tertiary/aromatic N) is 5. The van der Waals surface area contributed by atoms with Crippen molar-refractivity contribution >= 4 is 11.3 Å². The van der Waals surface area contributed by atoms with Crippen LogP contribution >= 0.6 is 11.3 Å². The molecule has 0 saturated heterocycles. The zero-order valence-corrected chi connectivity index (χ0v) is 18.8. The molecule has 6 rings (SSSR count). The first-order chi connectivity index (χ1) is 16.6. The maximum Gasteiger partial charge on any atom is 0.173 e. The van der Waals surface area contributed by atoms with Crippen molar-refractivity contribution in [2.24, 2.45) is 0 Å². The van der Waals surface area contributed by atoms with Crippen LogP contribution in [0.2, 0.25) is 0 Å². The number of hydrogen-bond acceptors (Lipinski definition) is 6. The van der Waals surface area contributed by atoms with Gasteiger partial charge in [-0.2, -0.15) is 5.10 Å². The van der Waals surface area contributed by atoms with Crippen LogP contribution in [0.3, 0.4) is 0 Å².